The van der Waals surface area contributed by atoms with Gasteiger partial charge in [0.15, 0.2) is 0 Å². The molecule has 0 bridgehead atoms. The Bertz CT molecular complexity index is 693. The van der Waals surface area contributed by atoms with Crippen molar-refractivity contribution >= 4 is 21.5 Å². The molecule has 0 aromatic heterocycles. The van der Waals surface area contributed by atoms with E-state index < -0.39 is 0 Å². The minimum atomic E-state index is 0.822. The predicted molar refractivity (Wildman–Crippen MR) is 74.0 cm³/mol. The van der Waals surface area contributed by atoms with Crippen molar-refractivity contribution in [2.24, 2.45) is 0 Å². The summed E-state index contributed by atoms with van der Waals surface area (Å²) in [5.41, 5.74) is 1.26. The molecular formula is C17H13. The predicted octanol–water partition coefficient (Wildman–Crippen LogP) is 4.52. The summed E-state index contributed by atoms with van der Waals surface area (Å²) in [5.74, 6) is 0. The Kier molecular flexibility index (Phi) is 2.41. The molecule has 0 nitrogen and oxygen atoms in total. The van der Waals surface area contributed by atoms with Crippen molar-refractivity contribution < 1.29 is 0 Å². The van der Waals surface area contributed by atoms with Gasteiger partial charge in [-0.2, -0.15) is 0 Å². The largest absolute Gasteiger partial charge is 0.0801 e. The van der Waals surface area contributed by atoms with Crippen LogP contribution in [0.2, 0.25) is 0 Å². The Morgan fingerprint density at radius 1 is 0.765 bits per heavy atom. The quantitative estimate of drug-likeness (QED) is 0.553. The van der Waals surface area contributed by atoms with Crippen LogP contribution in [0.5, 0.6) is 0 Å². The SMILES string of the molecule is [CH]=CCc1ccc2cc3ccccc3cc2c1. The average Bonchev–Trinajstić information content (AvgIpc) is 2.36. The van der Waals surface area contributed by atoms with Crippen LogP contribution in [-0.4, -0.2) is 0 Å². The minimum Gasteiger partial charge on any atom is -0.0801 e. The highest BCUT2D eigenvalue weighted by atomic mass is 14.0. The zero-order chi connectivity index (χ0) is 11.7. The molecule has 3 aromatic carbocycles. The van der Waals surface area contributed by atoms with Gasteiger partial charge in [0.25, 0.3) is 0 Å². The number of rotatable bonds is 2. The highest BCUT2D eigenvalue weighted by Gasteiger charge is 1.98. The Morgan fingerprint density at radius 3 is 2.12 bits per heavy atom. The number of hydrogen-bond donors (Lipinski definition) is 0. The first-order chi connectivity index (χ1) is 8.36. The first kappa shape index (κ1) is 10.1. The Morgan fingerprint density at radius 2 is 1.41 bits per heavy atom. The molecule has 0 aliphatic rings. The standard InChI is InChI=1S/C17H13/c1-2-5-13-8-9-16-11-14-6-3-4-7-15(14)12-17(16)10-13/h1-4,6-12H,5H2. The molecule has 81 valence electrons. The maximum atomic E-state index is 5.47. The summed E-state index contributed by atoms with van der Waals surface area (Å²) in [6, 6.07) is 19.4. The molecule has 0 atom stereocenters. The maximum Gasteiger partial charge on any atom is -0.00941 e. The van der Waals surface area contributed by atoms with Gasteiger partial charge >= 0.3 is 0 Å². The Labute approximate surface area is 101 Å². The molecule has 0 aliphatic heterocycles. The van der Waals surface area contributed by atoms with E-state index in [4.69, 9.17) is 6.58 Å². The number of benzene rings is 3. The number of fused-ring (bicyclic) bond motifs is 2. The third kappa shape index (κ3) is 1.83. The molecule has 0 N–H and O–H groups in total. The topological polar surface area (TPSA) is 0 Å². The maximum absolute atomic E-state index is 5.47. The van der Waals surface area contributed by atoms with Crippen molar-refractivity contribution in [3.8, 4) is 0 Å². The third-order valence-electron chi connectivity index (χ3n) is 3.12. The lowest BCUT2D eigenvalue weighted by Gasteiger charge is -2.04. The zero-order valence-corrected chi connectivity index (χ0v) is 9.56. The normalized spacial score (nSPS) is 10.8. The van der Waals surface area contributed by atoms with Gasteiger partial charge in [0, 0.05) is 0 Å². The molecule has 0 fully saturated rings. The Balaban J connectivity index is 2.28. The van der Waals surface area contributed by atoms with Crippen LogP contribution in [0.1, 0.15) is 5.56 Å². The molecule has 0 saturated heterocycles. The molecule has 0 heteroatoms. The van der Waals surface area contributed by atoms with E-state index in [0.29, 0.717) is 0 Å². The first-order valence-electron chi connectivity index (χ1n) is 5.82. The van der Waals surface area contributed by atoms with Crippen LogP contribution < -0.4 is 0 Å². The lowest BCUT2D eigenvalue weighted by Crippen LogP contribution is -1.82. The van der Waals surface area contributed by atoms with E-state index in [-0.39, 0.29) is 0 Å². The van der Waals surface area contributed by atoms with Crippen molar-refractivity contribution in [2.75, 3.05) is 0 Å². The number of hydrogen-bond acceptors (Lipinski definition) is 0. The van der Waals surface area contributed by atoms with E-state index in [1.165, 1.54) is 27.1 Å². The smallest absolute Gasteiger partial charge is 0.00941 e. The van der Waals surface area contributed by atoms with Crippen LogP contribution in [0.15, 0.2) is 60.7 Å². The molecule has 0 aliphatic carbocycles. The van der Waals surface area contributed by atoms with Gasteiger partial charge in [0.2, 0.25) is 0 Å². The molecule has 0 saturated carbocycles. The van der Waals surface area contributed by atoms with Crippen molar-refractivity contribution in [1.82, 2.24) is 0 Å². The van der Waals surface area contributed by atoms with Gasteiger partial charge in [-0.15, -0.1) is 0 Å². The highest BCUT2D eigenvalue weighted by molar-refractivity contribution is 5.98. The number of allylic oxidation sites excluding steroid dienone is 1. The summed E-state index contributed by atoms with van der Waals surface area (Å²) < 4.78 is 0. The monoisotopic (exact) mass is 217 g/mol. The highest BCUT2D eigenvalue weighted by Crippen LogP contribution is 2.23. The van der Waals surface area contributed by atoms with Crippen molar-refractivity contribution in [3.63, 3.8) is 0 Å². The summed E-state index contributed by atoms with van der Waals surface area (Å²) in [7, 11) is 0. The van der Waals surface area contributed by atoms with Crippen LogP contribution in [0.3, 0.4) is 0 Å². The van der Waals surface area contributed by atoms with Crippen molar-refractivity contribution in [3.05, 3.63) is 72.8 Å². The molecule has 0 heterocycles. The summed E-state index contributed by atoms with van der Waals surface area (Å²) >= 11 is 0. The van der Waals surface area contributed by atoms with E-state index in [1.807, 2.05) is 0 Å². The van der Waals surface area contributed by atoms with Crippen LogP contribution in [-0.2, 0) is 6.42 Å². The van der Waals surface area contributed by atoms with E-state index in [9.17, 15) is 0 Å². The van der Waals surface area contributed by atoms with E-state index in [0.717, 1.165) is 6.42 Å². The minimum absolute atomic E-state index is 0.822. The van der Waals surface area contributed by atoms with E-state index >= 15 is 0 Å². The second kappa shape index (κ2) is 4.06. The van der Waals surface area contributed by atoms with Crippen LogP contribution in [0, 0.1) is 6.58 Å². The second-order valence-electron chi connectivity index (χ2n) is 4.32. The van der Waals surface area contributed by atoms with Gasteiger partial charge in [0.05, 0.1) is 0 Å². The molecule has 0 spiro atoms. The summed E-state index contributed by atoms with van der Waals surface area (Å²) in [5, 5.41) is 5.14. The summed E-state index contributed by atoms with van der Waals surface area (Å²) in [4.78, 5) is 0. The van der Waals surface area contributed by atoms with Gasteiger partial charge in [-0.05, 0) is 45.7 Å². The average molecular weight is 217 g/mol. The fraction of sp³-hybridized carbons (Fsp3) is 0.0588. The molecule has 3 rings (SSSR count). The third-order valence-corrected chi connectivity index (χ3v) is 3.12. The molecule has 3 aromatic rings. The summed E-state index contributed by atoms with van der Waals surface area (Å²) in [6.45, 7) is 5.47. The van der Waals surface area contributed by atoms with Crippen LogP contribution in [0.25, 0.3) is 21.5 Å². The first-order valence-corrected chi connectivity index (χ1v) is 5.82. The Hall–Kier alpha value is -2.08. The molecule has 0 unspecified atom stereocenters. The molecular weight excluding hydrogens is 204 g/mol. The molecule has 1 radical (unpaired) electrons. The van der Waals surface area contributed by atoms with Gasteiger partial charge < -0.3 is 0 Å². The molecule has 17 heavy (non-hydrogen) atoms. The summed E-state index contributed by atoms with van der Waals surface area (Å²) in [6.07, 6.45) is 2.52. The van der Waals surface area contributed by atoms with E-state index in [2.05, 4.69) is 54.6 Å². The molecule has 0 amide bonds. The van der Waals surface area contributed by atoms with Gasteiger partial charge in [-0.3, -0.25) is 0 Å². The van der Waals surface area contributed by atoms with Crippen molar-refractivity contribution in [1.29, 1.82) is 0 Å². The van der Waals surface area contributed by atoms with E-state index in [1.54, 1.807) is 6.08 Å². The lowest BCUT2D eigenvalue weighted by atomic mass is 10.0. The van der Waals surface area contributed by atoms with Crippen molar-refractivity contribution in [2.45, 2.75) is 6.42 Å². The fourth-order valence-corrected chi connectivity index (χ4v) is 2.25. The van der Waals surface area contributed by atoms with Crippen LogP contribution >= 0.6 is 0 Å². The second-order valence-corrected chi connectivity index (χ2v) is 4.32. The zero-order valence-electron chi connectivity index (χ0n) is 9.56. The van der Waals surface area contributed by atoms with Crippen LogP contribution in [0.4, 0.5) is 0 Å². The van der Waals surface area contributed by atoms with Gasteiger partial charge in [0.1, 0.15) is 0 Å². The lowest BCUT2D eigenvalue weighted by molar-refractivity contribution is 1.29. The van der Waals surface area contributed by atoms with Gasteiger partial charge in [-0.1, -0.05) is 55.1 Å². The fourth-order valence-electron chi connectivity index (χ4n) is 2.25. The van der Waals surface area contributed by atoms with Gasteiger partial charge in [-0.25, -0.2) is 0 Å².